The van der Waals surface area contributed by atoms with Gasteiger partial charge in [0.2, 0.25) is 0 Å². The number of hydrogen-bond acceptors (Lipinski definition) is 2. The summed E-state index contributed by atoms with van der Waals surface area (Å²) in [6, 6.07) is 0.551. The van der Waals surface area contributed by atoms with E-state index in [1.54, 1.807) is 0 Å². The van der Waals surface area contributed by atoms with E-state index in [2.05, 4.69) is 19.2 Å². The zero-order valence-electron chi connectivity index (χ0n) is 12.5. The van der Waals surface area contributed by atoms with E-state index in [0.29, 0.717) is 6.42 Å². The molecule has 1 aliphatic carbocycles. The Balaban J connectivity index is 1.91. The molecule has 0 aromatic heterocycles. The predicted octanol–water partition coefficient (Wildman–Crippen LogP) is 2.60. The first-order chi connectivity index (χ1) is 9.49. The van der Waals surface area contributed by atoms with Crippen molar-refractivity contribution in [3.63, 3.8) is 0 Å². The van der Waals surface area contributed by atoms with Crippen molar-refractivity contribution in [1.82, 2.24) is 10.2 Å². The fraction of sp³-hybridized carbons (Fsp3) is 0.867. The Morgan fingerprint density at radius 1 is 1.05 bits per heavy atom. The third-order valence-corrected chi connectivity index (χ3v) is 4.78. The summed E-state index contributed by atoms with van der Waals surface area (Å²) in [5, 5.41) is 12.2. The summed E-state index contributed by atoms with van der Waals surface area (Å²) in [6.45, 7) is 4.19. The minimum absolute atomic E-state index is 0.0127. The molecule has 0 radical (unpaired) electrons. The van der Waals surface area contributed by atoms with Gasteiger partial charge in [-0.1, -0.05) is 6.42 Å². The van der Waals surface area contributed by atoms with Gasteiger partial charge < -0.3 is 15.3 Å². The number of likely N-dealkylation sites (tertiary alicyclic amines) is 1. The maximum absolute atomic E-state index is 12.4. The first-order valence-corrected chi connectivity index (χ1v) is 7.80. The van der Waals surface area contributed by atoms with Crippen LogP contribution in [-0.2, 0) is 4.79 Å². The lowest BCUT2D eigenvalue weighted by atomic mass is 9.86. The molecule has 0 bridgehead atoms. The molecule has 1 heterocycles. The molecule has 1 aliphatic heterocycles. The van der Waals surface area contributed by atoms with E-state index in [1.165, 1.54) is 6.42 Å². The molecule has 114 valence electrons. The molecule has 0 spiro atoms. The maximum atomic E-state index is 12.4. The Kier molecular flexibility index (Phi) is 4.89. The number of nitrogens with zero attached hydrogens (tertiary/aromatic N) is 1. The van der Waals surface area contributed by atoms with Crippen LogP contribution in [0.5, 0.6) is 0 Å². The van der Waals surface area contributed by atoms with Crippen molar-refractivity contribution in [1.29, 1.82) is 0 Å². The molecular formula is C15H26N2O3. The zero-order chi connectivity index (χ0) is 14.7. The molecule has 2 unspecified atom stereocenters. The zero-order valence-corrected chi connectivity index (χ0v) is 12.5. The Morgan fingerprint density at radius 2 is 1.65 bits per heavy atom. The van der Waals surface area contributed by atoms with Gasteiger partial charge in [-0.2, -0.15) is 0 Å². The number of carbonyl (C=O) groups excluding carboxylic acids is 1. The van der Waals surface area contributed by atoms with Crippen molar-refractivity contribution >= 4 is 12.0 Å². The highest BCUT2D eigenvalue weighted by Crippen LogP contribution is 2.26. The number of aliphatic carboxylic acids is 1. The molecular weight excluding hydrogens is 256 g/mol. The second-order valence-corrected chi connectivity index (χ2v) is 6.38. The summed E-state index contributed by atoms with van der Waals surface area (Å²) < 4.78 is 0. The van der Waals surface area contributed by atoms with Gasteiger partial charge in [0.1, 0.15) is 0 Å². The average Bonchev–Trinajstić information content (AvgIpc) is 2.38. The van der Waals surface area contributed by atoms with Crippen LogP contribution >= 0.6 is 0 Å². The van der Waals surface area contributed by atoms with Crippen molar-refractivity contribution < 1.29 is 14.7 Å². The smallest absolute Gasteiger partial charge is 0.318 e. The molecule has 0 aromatic carbocycles. The van der Waals surface area contributed by atoms with E-state index in [0.717, 1.165) is 32.1 Å². The lowest BCUT2D eigenvalue weighted by Crippen LogP contribution is -2.54. The molecule has 0 aromatic rings. The normalized spacial score (nSPS) is 34.6. The molecule has 5 heteroatoms. The second kappa shape index (κ2) is 6.46. The number of carbonyl (C=O) groups is 2. The van der Waals surface area contributed by atoms with Crippen LogP contribution in [0.2, 0.25) is 0 Å². The average molecular weight is 282 g/mol. The number of carboxylic acids is 1. The number of rotatable bonds is 2. The Morgan fingerprint density at radius 3 is 2.25 bits per heavy atom. The third kappa shape index (κ3) is 3.44. The fourth-order valence-electron chi connectivity index (χ4n) is 3.62. The summed E-state index contributed by atoms with van der Waals surface area (Å²) in [4.78, 5) is 25.4. The Hall–Kier alpha value is -1.26. The monoisotopic (exact) mass is 282 g/mol. The number of urea groups is 1. The van der Waals surface area contributed by atoms with Crippen molar-refractivity contribution in [3.05, 3.63) is 0 Å². The second-order valence-electron chi connectivity index (χ2n) is 6.38. The number of amides is 2. The molecule has 2 rings (SSSR count). The van der Waals surface area contributed by atoms with Crippen molar-refractivity contribution in [2.45, 2.75) is 76.9 Å². The highest BCUT2D eigenvalue weighted by molar-refractivity contribution is 5.75. The van der Waals surface area contributed by atoms with Gasteiger partial charge in [-0.3, -0.25) is 4.79 Å². The minimum atomic E-state index is -0.733. The first-order valence-electron chi connectivity index (χ1n) is 7.80. The predicted molar refractivity (Wildman–Crippen MR) is 76.5 cm³/mol. The van der Waals surface area contributed by atoms with Gasteiger partial charge in [0, 0.05) is 18.1 Å². The van der Waals surface area contributed by atoms with E-state index < -0.39 is 5.97 Å². The third-order valence-electron chi connectivity index (χ3n) is 4.78. The molecule has 1 saturated heterocycles. The molecule has 2 N–H and O–H groups in total. The number of hydrogen-bond donors (Lipinski definition) is 2. The molecule has 2 fully saturated rings. The topological polar surface area (TPSA) is 69.6 Å². The number of carboxylic acid groups (broad SMARTS) is 1. The van der Waals surface area contributed by atoms with Crippen LogP contribution in [0.3, 0.4) is 0 Å². The van der Waals surface area contributed by atoms with Crippen LogP contribution < -0.4 is 5.32 Å². The maximum Gasteiger partial charge on any atom is 0.318 e. The van der Waals surface area contributed by atoms with E-state index >= 15 is 0 Å². The Bertz CT molecular complexity index is 362. The van der Waals surface area contributed by atoms with Gasteiger partial charge in [0.15, 0.2) is 0 Å². The molecule has 2 amide bonds. The van der Waals surface area contributed by atoms with E-state index in [4.69, 9.17) is 5.11 Å². The van der Waals surface area contributed by atoms with E-state index in [1.807, 2.05) is 4.90 Å². The van der Waals surface area contributed by atoms with Crippen LogP contribution in [0.25, 0.3) is 0 Å². The van der Waals surface area contributed by atoms with Gasteiger partial charge in [0.25, 0.3) is 0 Å². The minimum Gasteiger partial charge on any atom is -0.481 e. The highest BCUT2D eigenvalue weighted by Gasteiger charge is 2.32. The number of piperidine rings is 1. The van der Waals surface area contributed by atoms with Crippen LogP contribution in [-0.4, -0.2) is 40.1 Å². The quantitative estimate of drug-likeness (QED) is 0.818. The summed E-state index contributed by atoms with van der Waals surface area (Å²) in [5.41, 5.74) is 0. The molecule has 2 aliphatic rings. The summed E-state index contributed by atoms with van der Waals surface area (Å²) in [6.07, 6.45) is 6.37. The molecule has 20 heavy (non-hydrogen) atoms. The van der Waals surface area contributed by atoms with Crippen LogP contribution in [0.1, 0.15) is 58.8 Å². The van der Waals surface area contributed by atoms with Crippen LogP contribution in [0, 0.1) is 5.92 Å². The fourth-order valence-corrected chi connectivity index (χ4v) is 3.62. The molecule has 5 nitrogen and oxygen atoms in total. The van der Waals surface area contributed by atoms with Gasteiger partial charge in [-0.25, -0.2) is 4.79 Å². The standard InChI is InChI=1S/C15H26N2O3/c1-10-5-3-6-11(2)17(10)15(20)16-13-8-4-7-12(9-13)14(18)19/h10-13H,3-9H2,1-2H3,(H,16,20)(H,18,19)/t10-,11+,12?,13?. The van der Waals surface area contributed by atoms with Crippen molar-refractivity contribution in [2.24, 2.45) is 5.92 Å². The largest absolute Gasteiger partial charge is 0.481 e. The van der Waals surface area contributed by atoms with E-state index in [9.17, 15) is 9.59 Å². The van der Waals surface area contributed by atoms with Crippen molar-refractivity contribution in [2.75, 3.05) is 0 Å². The van der Waals surface area contributed by atoms with E-state index in [-0.39, 0.29) is 30.1 Å². The molecule has 4 atom stereocenters. The van der Waals surface area contributed by atoms with Crippen LogP contribution in [0.15, 0.2) is 0 Å². The molecule has 1 saturated carbocycles. The lowest BCUT2D eigenvalue weighted by Gasteiger charge is -2.40. The van der Waals surface area contributed by atoms with Gasteiger partial charge in [-0.15, -0.1) is 0 Å². The van der Waals surface area contributed by atoms with Gasteiger partial charge in [0.05, 0.1) is 5.92 Å². The Labute approximate surface area is 120 Å². The lowest BCUT2D eigenvalue weighted by molar-refractivity contribution is -0.143. The van der Waals surface area contributed by atoms with Crippen LogP contribution in [0.4, 0.5) is 4.79 Å². The summed E-state index contributed by atoms with van der Waals surface area (Å²) >= 11 is 0. The summed E-state index contributed by atoms with van der Waals surface area (Å²) in [5.74, 6) is -1.03. The number of nitrogens with one attached hydrogen (secondary N) is 1. The highest BCUT2D eigenvalue weighted by atomic mass is 16.4. The van der Waals surface area contributed by atoms with Gasteiger partial charge in [-0.05, 0) is 52.4 Å². The van der Waals surface area contributed by atoms with Gasteiger partial charge >= 0.3 is 12.0 Å². The summed E-state index contributed by atoms with van der Waals surface area (Å²) in [7, 11) is 0. The first kappa shape index (κ1) is 15.1. The van der Waals surface area contributed by atoms with Crippen molar-refractivity contribution in [3.8, 4) is 0 Å². The SMILES string of the molecule is C[C@@H]1CCC[C@H](C)N1C(=O)NC1CCCC(C(=O)O)C1.